The van der Waals surface area contributed by atoms with Gasteiger partial charge in [-0.1, -0.05) is 36.4 Å². The van der Waals surface area contributed by atoms with Gasteiger partial charge in [0.15, 0.2) is 0 Å². The molecule has 0 spiro atoms. The molecule has 1 amide bonds. The van der Waals surface area contributed by atoms with Gasteiger partial charge >= 0.3 is 6.09 Å². The normalized spacial score (nSPS) is 12.1. The van der Waals surface area contributed by atoms with Crippen LogP contribution in [0.5, 0.6) is 0 Å². The maximum Gasteiger partial charge on any atom is 0.413 e. The first-order chi connectivity index (χ1) is 10.7. The van der Waals surface area contributed by atoms with Gasteiger partial charge in [-0.25, -0.2) is 9.78 Å². The molecule has 3 rings (SSSR count). The SMILES string of the molecule is COC(=O)Nc1nc2ccc(C(Cl)c3ccccc3)cc2[nH]1. The maximum absolute atomic E-state index is 11.2. The number of fused-ring (bicyclic) bond motifs is 1. The summed E-state index contributed by atoms with van der Waals surface area (Å²) in [6, 6.07) is 15.6. The number of carbonyl (C=O) groups is 1. The first kappa shape index (κ1) is 14.4. The Balaban J connectivity index is 1.91. The van der Waals surface area contributed by atoms with Gasteiger partial charge in [0, 0.05) is 0 Å². The Labute approximate surface area is 132 Å². The molecule has 0 aliphatic rings. The highest BCUT2D eigenvalue weighted by Gasteiger charge is 2.13. The number of carbonyl (C=O) groups excluding carboxylic acids is 1. The van der Waals surface area contributed by atoms with E-state index in [9.17, 15) is 4.79 Å². The molecule has 3 aromatic rings. The first-order valence-corrected chi connectivity index (χ1v) is 7.14. The number of rotatable bonds is 3. The van der Waals surface area contributed by atoms with Crippen LogP contribution in [0.15, 0.2) is 48.5 Å². The number of H-pyrrole nitrogens is 1. The summed E-state index contributed by atoms with van der Waals surface area (Å²) in [6.07, 6.45) is -0.571. The van der Waals surface area contributed by atoms with E-state index >= 15 is 0 Å². The molecule has 22 heavy (non-hydrogen) atoms. The molecule has 112 valence electrons. The lowest BCUT2D eigenvalue weighted by molar-refractivity contribution is 0.186. The van der Waals surface area contributed by atoms with E-state index < -0.39 is 6.09 Å². The number of aromatic nitrogens is 2. The van der Waals surface area contributed by atoms with E-state index in [0.29, 0.717) is 5.95 Å². The Bertz CT molecular complexity index is 802. The minimum absolute atomic E-state index is 0.245. The topological polar surface area (TPSA) is 67.0 Å². The molecular weight excluding hydrogens is 302 g/mol. The van der Waals surface area contributed by atoms with Gasteiger partial charge in [-0.15, -0.1) is 11.6 Å². The van der Waals surface area contributed by atoms with Crippen LogP contribution in [-0.4, -0.2) is 23.2 Å². The minimum Gasteiger partial charge on any atom is -0.453 e. The molecule has 1 aromatic heterocycles. The Kier molecular flexibility index (Phi) is 3.98. The van der Waals surface area contributed by atoms with Gasteiger partial charge in [0.1, 0.15) is 0 Å². The summed E-state index contributed by atoms with van der Waals surface area (Å²) in [6.45, 7) is 0. The molecule has 2 N–H and O–H groups in total. The number of aromatic amines is 1. The molecule has 0 radical (unpaired) electrons. The lowest BCUT2D eigenvalue weighted by Gasteiger charge is -2.09. The zero-order valence-corrected chi connectivity index (χ0v) is 12.6. The van der Waals surface area contributed by atoms with Crippen molar-refractivity contribution in [3.8, 4) is 0 Å². The standard InChI is InChI=1S/C16H14ClN3O2/c1-22-16(21)20-15-18-12-8-7-11(9-13(12)19-15)14(17)10-5-3-2-4-6-10/h2-9,14H,1H3,(H2,18,19,20,21). The Morgan fingerprint density at radius 1 is 1.23 bits per heavy atom. The summed E-state index contributed by atoms with van der Waals surface area (Å²) >= 11 is 6.52. The third-order valence-corrected chi connectivity index (χ3v) is 3.80. The fourth-order valence-electron chi connectivity index (χ4n) is 2.21. The highest BCUT2D eigenvalue weighted by Crippen LogP contribution is 2.30. The number of nitrogens with zero attached hydrogens (tertiary/aromatic N) is 1. The van der Waals surface area contributed by atoms with Crippen LogP contribution in [-0.2, 0) is 4.74 Å². The van der Waals surface area contributed by atoms with Crippen molar-refractivity contribution in [3.63, 3.8) is 0 Å². The molecule has 2 aromatic carbocycles. The third-order valence-electron chi connectivity index (χ3n) is 3.30. The highest BCUT2D eigenvalue weighted by atomic mass is 35.5. The fraction of sp³-hybridized carbons (Fsp3) is 0.125. The summed E-state index contributed by atoms with van der Waals surface area (Å²) in [5.74, 6) is 0.338. The number of hydrogen-bond donors (Lipinski definition) is 2. The molecule has 6 heteroatoms. The van der Waals surface area contributed by atoms with E-state index in [2.05, 4.69) is 20.0 Å². The molecule has 0 aliphatic carbocycles. The number of nitrogens with one attached hydrogen (secondary N) is 2. The smallest absolute Gasteiger partial charge is 0.413 e. The fourth-order valence-corrected chi connectivity index (χ4v) is 2.49. The van der Waals surface area contributed by atoms with Crippen LogP contribution in [0.3, 0.4) is 0 Å². The van der Waals surface area contributed by atoms with Crippen molar-refractivity contribution in [2.45, 2.75) is 5.38 Å². The van der Waals surface area contributed by atoms with E-state index in [0.717, 1.165) is 22.2 Å². The van der Waals surface area contributed by atoms with Crippen LogP contribution in [0, 0.1) is 0 Å². The number of hydrogen-bond acceptors (Lipinski definition) is 3. The summed E-state index contributed by atoms with van der Waals surface area (Å²) in [4.78, 5) is 18.5. The number of benzene rings is 2. The molecule has 1 unspecified atom stereocenters. The van der Waals surface area contributed by atoms with Crippen LogP contribution < -0.4 is 5.32 Å². The average Bonchev–Trinajstić information content (AvgIpc) is 2.96. The van der Waals surface area contributed by atoms with Gasteiger partial charge in [-0.05, 0) is 23.3 Å². The highest BCUT2D eigenvalue weighted by molar-refractivity contribution is 6.22. The van der Waals surface area contributed by atoms with Crippen molar-refractivity contribution in [2.75, 3.05) is 12.4 Å². The van der Waals surface area contributed by atoms with E-state index in [4.69, 9.17) is 11.6 Å². The number of amides is 1. The zero-order valence-electron chi connectivity index (χ0n) is 11.8. The lowest BCUT2D eigenvalue weighted by atomic mass is 10.0. The first-order valence-electron chi connectivity index (χ1n) is 6.71. The number of methoxy groups -OCH3 is 1. The molecule has 0 aliphatic heterocycles. The van der Waals surface area contributed by atoms with Crippen LogP contribution in [0.4, 0.5) is 10.7 Å². The quantitative estimate of drug-likeness (QED) is 0.716. The molecule has 0 saturated heterocycles. The van der Waals surface area contributed by atoms with Gasteiger partial charge in [-0.3, -0.25) is 5.32 Å². The molecule has 1 heterocycles. The van der Waals surface area contributed by atoms with Gasteiger partial charge < -0.3 is 9.72 Å². The zero-order chi connectivity index (χ0) is 15.5. The molecule has 1 atom stereocenters. The average molecular weight is 316 g/mol. The maximum atomic E-state index is 11.2. The van der Waals surface area contributed by atoms with E-state index in [1.165, 1.54) is 7.11 Å². The van der Waals surface area contributed by atoms with Crippen LogP contribution in [0.25, 0.3) is 11.0 Å². The summed E-state index contributed by atoms with van der Waals surface area (Å²) in [5.41, 5.74) is 3.52. The number of ether oxygens (including phenoxy) is 1. The van der Waals surface area contributed by atoms with Gasteiger partial charge in [0.25, 0.3) is 0 Å². The second-order valence-electron chi connectivity index (χ2n) is 4.75. The monoisotopic (exact) mass is 315 g/mol. The second-order valence-corrected chi connectivity index (χ2v) is 5.19. The Hall–Kier alpha value is -2.53. The molecule has 5 nitrogen and oxygen atoms in total. The molecular formula is C16H14ClN3O2. The van der Waals surface area contributed by atoms with Crippen LogP contribution in [0.2, 0.25) is 0 Å². The predicted octanol–water partition coefficient (Wildman–Crippen LogP) is 4.07. The third kappa shape index (κ3) is 2.89. The summed E-state index contributed by atoms with van der Waals surface area (Å²) in [7, 11) is 1.30. The van der Waals surface area contributed by atoms with E-state index in [1.807, 2.05) is 48.5 Å². The Morgan fingerprint density at radius 2 is 2.00 bits per heavy atom. The van der Waals surface area contributed by atoms with Crippen molar-refractivity contribution in [3.05, 3.63) is 59.7 Å². The number of halogens is 1. The van der Waals surface area contributed by atoms with Crippen molar-refractivity contribution in [1.29, 1.82) is 0 Å². The minimum atomic E-state index is -0.571. The number of imidazole rings is 1. The van der Waals surface area contributed by atoms with E-state index in [-0.39, 0.29) is 5.38 Å². The van der Waals surface area contributed by atoms with Crippen molar-refractivity contribution < 1.29 is 9.53 Å². The molecule has 0 fully saturated rings. The summed E-state index contributed by atoms with van der Waals surface area (Å²) in [5, 5.41) is 2.26. The molecule has 0 saturated carbocycles. The van der Waals surface area contributed by atoms with Gasteiger partial charge in [0.2, 0.25) is 5.95 Å². The Morgan fingerprint density at radius 3 is 2.73 bits per heavy atom. The second kappa shape index (κ2) is 6.07. The van der Waals surface area contributed by atoms with Gasteiger partial charge in [-0.2, -0.15) is 0 Å². The van der Waals surface area contributed by atoms with Crippen LogP contribution >= 0.6 is 11.6 Å². The molecule has 0 bridgehead atoms. The number of alkyl halides is 1. The van der Waals surface area contributed by atoms with Crippen LogP contribution in [0.1, 0.15) is 16.5 Å². The van der Waals surface area contributed by atoms with E-state index in [1.54, 1.807) is 0 Å². The summed E-state index contributed by atoms with van der Waals surface area (Å²) < 4.78 is 4.54. The van der Waals surface area contributed by atoms with Gasteiger partial charge in [0.05, 0.1) is 23.5 Å². The lowest BCUT2D eigenvalue weighted by Crippen LogP contribution is -2.11. The largest absolute Gasteiger partial charge is 0.453 e. The predicted molar refractivity (Wildman–Crippen MR) is 86.3 cm³/mol. The van der Waals surface area contributed by atoms with Crippen molar-refractivity contribution >= 4 is 34.7 Å². The number of anilines is 1. The van der Waals surface area contributed by atoms with Crippen molar-refractivity contribution in [2.24, 2.45) is 0 Å². The van der Waals surface area contributed by atoms with Crippen molar-refractivity contribution in [1.82, 2.24) is 9.97 Å².